The third-order valence-corrected chi connectivity index (χ3v) is 3.68. The molecule has 1 atom stereocenters. The minimum Gasteiger partial charge on any atom is -0.330 e. The van der Waals surface area contributed by atoms with Crippen molar-refractivity contribution in [3.05, 3.63) is 22.4 Å². The molecule has 0 amide bonds. The standard InChI is InChI=1S/C12H21NS/c1-3-6-12(2,10-13)7-4-11-5-8-14-9-11/h5,8-9H,3-4,6-7,10,13H2,1-2H3. The van der Waals surface area contributed by atoms with E-state index in [4.69, 9.17) is 5.73 Å². The van der Waals surface area contributed by atoms with Gasteiger partial charge in [0.25, 0.3) is 0 Å². The van der Waals surface area contributed by atoms with E-state index >= 15 is 0 Å². The molecule has 0 saturated carbocycles. The van der Waals surface area contributed by atoms with Gasteiger partial charge in [0.2, 0.25) is 0 Å². The topological polar surface area (TPSA) is 26.0 Å². The second-order valence-corrected chi connectivity index (χ2v) is 5.18. The maximum Gasteiger partial charge on any atom is -0.00231 e. The zero-order valence-corrected chi connectivity index (χ0v) is 10.1. The third kappa shape index (κ3) is 3.43. The smallest absolute Gasteiger partial charge is 0.00231 e. The maximum absolute atomic E-state index is 5.84. The van der Waals surface area contributed by atoms with Gasteiger partial charge in [-0.1, -0.05) is 20.3 Å². The largest absolute Gasteiger partial charge is 0.330 e. The number of aryl methyl sites for hydroxylation is 1. The lowest BCUT2D eigenvalue weighted by Crippen LogP contribution is -2.27. The van der Waals surface area contributed by atoms with E-state index in [0.29, 0.717) is 5.41 Å². The summed E-state index contributed by atoms with van der Waals surface area (Å²) in [5.41, 5.74) is 7.64. The summed E-state index contributed by atoms with van der Waals surface area (Å²) in [5.74, 6) is 0. The number of hydrogen-bond acceptors (Lipinski definition) is 2. The highest BCUT2D eigenvalue weighted by Gasteiger charge is 2.20. The van der Waals surface area contributed by atoms with E-state index in [1.54, 1.807) is 11.3 Å². The Labute approximate surface area is 91.3 Å². The fourth-order valence-electron chi connectivity index (χ4n) is 1.81. The van der Waals surface area contributed by atoms with E-state index in [1.165, 1.54) is 31.2 Å². The minimum atomic E-state index is 0.344. The number of thiophene rings is 1. The zero-order valence-electron chi connectivity index (χ0n) is 9.25. The van der Waals surface area contributed by atoms with Crippen molar-refractivity contribution in [1.82, 2.24) is 0 Å². The van der Waals surface area contributed by atoms with E-state index in [1.807, 2.05) is 0 Å². The van der Waals surface area contributed by atoms with E-state index in [-0.39, 0.29) is 0 Å². The second kappa shape index (κ2) is 5.52. The van der Waals surface area contributed by atoms with Crippen molar-refractivity contribution >= 4 is 11.3 Å². The van der Waals surface area contributed by atoms with Crippen LogP contribution in [0.15, 0.2) is 16.8 Å². The fourth-order valence-corrected chi connectivity index (χ4v) is 2.52. The van der Waals surface area contributed by atoms with Crippen LogP contribution in [0.1, 0.15) is 38.7 Å². The Bertz CT molecular complexity index is 243. The quantitative estimate of drug-likeness (QED) is 0.766. The molecule has 2 N–H and O–H groups in total. The lowest BCUT2D eigenvalue weighted by atomic mass is 9.80. The predicted molar refractivity (Wildman–Crippen MR) is 64.7 cm³/mol. The summed E-state index contributed by atoms with van der Waals surface area (Å²) in [6.07, 6.45) is 4.87. The SMILES string of the molecule is CCCC(C)(CN)CCc1ccsc1. The molecule has 0 radical (unpaired) electrons. The molecule has 1 nitrogen and oxygen atoms in total. The Kier molecular flexibility index (Phi) is 4.63. The first-order valence-corrected chi connectivity index (χ1v) is 6.35. The Morgan fingerprint density at radius 3 is 2.71 bits per heavy atom. The first-order valence-electron chi connectivity index (χ1n) is 5.41. The van der Waals surface area contributed by atoms with Gasteiger partial charge in [0.1, 0.15) is 0 Å². The molecule has 14 heavy (non-hydrogen) atoms. The molecule has 80 valence electrons. The highest BCUT2D eigenvalue weighted by atomic mass is 32.1. The molecule has 2 heteroatoms. The van der Waals surface area contributed by atoms with Crippen molar-refractivity contribution < 1.29 is 0 Å². The minimum absolute atomic E-state index is 0.344. The van der Waals surface area contributed by atoms with Crippen molar-refractivity contribution in [2.75, 3.05) is 6.54 Å². The maximum atomic E-state index is 5.84. The molecule has 1 aromatic heterocycles. The van der Waals surface area contributed by atoms with E-state index in [0.717, 1.165) is 6.54 Å². The fraction of sp³-hybridized carbons (Fsp3) is 0.667. The Morgan fingerprint density at radius 1 is 1.43 bits per heavy atom. The van der Waals surface area contributed by atoms with Gasteiger partial charge in [-0.3, -0.25) is 0 Å². The lowest BCUT2D eigenvalue weighted by Gasteiger charge is -2.27. The van der Waals surface area contributed by atoms with Crippen LogP contribution < -0.4 is 5.73 Å². The summed E-state index contributed by atoms with van der Waals surface area (Å²) in [6, 6.07) is 2.22. The van der Waals surface area contributed by atoms with Crippen molar-refractivity contribution in [3.63, 3.8) is 0 Å². The van der Waals surface area contributed by atoms with Crippen LogP contribution in [0.5, 0.6) is 0 Å². The molecule has 0 bridgehead atoms. The first-order chi connectivity index (χ1) is 6.70. The van der Waals surface area contributed by atoms with Gasteiger partial charge in [-0.2, -0.15) is 11.3 Å². The van der Waals surface area contributed by atoms with Gasteiger partial charge in [-0.25, -0.2) is 0 Å². The van der Waals surface area contributed by atoms with Crippen LogP contribution in [0.4, 0.5) is 0 Å². The van der Waals surface area contributed by atoms with Gasteiger partial charge in [-0.05, 0) is 53.6 Å². The van der Waals surface area contributed by atoms with Crippen LogP contribution in [0.25, 0.3) is 0 Å². The second-order valence-electron chi connectivity index (χ2n) is 4.40. The summed E-state index contributed by atoms with van der Waals surface area (Å²) in [4.78, 5) is 0. The normalized spacial score (nSPS) is 15.4. The van der Waals surface area contributed by atoms with Gasteiger partial charge in [0.15, 0.2) is 0 Å². The Hall–Kier alpha value is -0.340. The van der Waals surface area contributed by atoms with Crippen LogP contribution in [0.3, 0.4) is 0 Å². The number of rotatable bonds is 6. The summed E-state index contributed by atoms with van der Waals surface area (Å²) < 4.78 is 0. The number of hydrogen-bond donors (Lipinski definition) is 1. The summed E-state index contributed by atoms with van der Waals surface area (Å²) >= 11 is 1.78. The van der Waals surface area contributed by atoms with E-state index < -0.39 is 0 Å². The van der Waals surface area contributed by atoms with Gasteiger partial charge < -0.3 is 5.73 Å². The molecule has 0 saturated heterocycles. The average Bonchev–Trinajstić information content (AvgIpc) is 2.68. The summed E-state index contributed by atoms with van der Waals surface area (Å²) in [7, 11) is 0. The molecule has 0 aliphatic heterocycles. The summed E-state index contributed by atoms with van der Waals surface area (Å²) in [5, 5.41) is 4.39. The van der Waals surface area contributed by atoms with Gasteiger partial charge in [0, 0.05) is 0 Å². The lowest BCUT2D eigenvalue weighted by molar-refractivity contribution is 0.280. The van der Waals surface area contributed by atoms with Crippen LogP contribution in [-0.4, -0.2) is 6.54 Å². The molecule has 1 heterocycles. The van der Waals surface area contributed by atoms with Crippen LogP contribution >= 0.6 is 11.3 Å². The summed E-state index contributed by atoms with van der Waals surface area (Å²) in [6.45, 7) is 5.35. The van der Waals surface area contributed by atoms with Crippen LogP contribution in [0, 0.1) is 5.41 Å². The molecular weight excluding hydrogens is 190 g/mol. The molecule has 1 unspecified atom stereocenters. The van der Waals surface area contributed by atoms with Gasteiger partial charge in [0.05, 0.1) is 0 Å². The highest BCUT2D eigenvalue weighted by molar-refractivity contribution is 7.07. The number of nitrogens with two attached hydrogens (primary N) is 1. The molecule has 0 aromatic carbocycles. The highest BCUT2D eigenvalue weighted by Crippen LogP contribution is 2.28. The van der Waals surface area contributed by atoms with Crippen molar-refractivity contribution in [3.8, 4) is 0 Å². The van der Waals surface area contributed by atoms with Gasteiger partial charge in [-0.15, -0.1) is 0 Å². The van der Waals surface area contributed by atoms with Crippen molar-refractivity contribution in [2.24, 2.45) is 11.1 Å². The van der Waals surface area contributed by atoms with E-state index in [9.17, 15) is 0 Å². The average molecular weight is 211 g/mol. The van der Waals surface area contributed by atoms with Crippen molar-refractivity contribution in [2.45, 2.75) is 39.5 Å². The molecule has 0 spiro atoms. The van der Waals surface area contributed by atoms with Crippen molar-refractivity contribution in [1.29, 1.82) is 0 Å². The first kappa shape index (κ1) is 11.7. The van der Waals surface area contributed by atoms with Crippen LogP contribution in [0.2, 0.25) is 0 Å². The van der Waals surface area contributed by atoms with Crippen LogP contribution in [-0.2, 0) is 6.42 Å². The molecule has 0 fully saturated rings. The molecule has 0 aliphatic carbocycles. The monoisotopic (exact) mass is 211 g/mol. The molecular formula is C12H21NS. The molecule has 0 aliphatic rings. The Balaban J connectivity index is 2.41. The molecule has 1 rings (SSSR count). The molecule has 1 aromatic rings. The zero-order chi connectivity index (χ0) is 10.4. The van der Waals surface area contributed by atoms with E-state index in [2.05, 4.69) is 30.7 Å². The Morgan fingerprint density at radius 2 is 2.21 bits per heavy atom. The van der Waals surface area contributed by atoms with Gasteiger partial charge >= 0.3 is 0 Å². The predicted octanol–water partition coefficient (Wildman–Crippen LogP) is 3.45. The third-order valence-electron chi connectivity index (χ3n) is 2.94.